The SMILES string of the molecule is Cc1ccc(Nc2ncnc(Nc3ccc(OC(F)(F)F)cc3)c2N)nc1. The van der Waals surface area contributed by atoms with E-state index in [-0.39, 0.29) is 11.4 Å². The normalized spacial score (nSPS) is 11.1. The molecule has 0 saturated heterocycles. The molecule has 7 nitrogen and oxygen atoms in total. The summed E-state index contributed by atoms with van der Waals surface area (Å²) in [7, 11) is 0. The first-order chi connectivity index (χ1) is 12.8. The van der Waals surface area contributed by atoms with Crippen LogP contribution < -0.4 is 21.1 Å². The first-order valence-electron chi connectivity index (χ1n) is 7.73. The fourth-order valence-corrected chi connectivity index (χ4v) is 2.13. The Hall–Kier alpha value is -3.56. The van der Waals surface area contributed by atoms with Crippen molar-refractivity contribution in [1.29, 1.82) is 0 Å². The van der Waals surface area contributed by atoms with Crippen molar-refractivity contribution in [1.82, 2.24) is 15.0 Å². The lowest BCUT2D eigenvalue weighted by Crippen LogP contribution is -2.17. The number of pyridine rings is 1. The fraction of sp³-hybridized carbons (Fsp3) is 0.118. The van der Waals surface area contributed by atoms with Crippen molar-refractivity contribution in [3.63, 3.8) is 0 Å². The molecular formula is C17H15F3N6O. The average Bonchev–Trinajstić information content (AvgIpc) is 2.61. The number of nitrogens with zero attached hydrogens (tertiary/aromatic N) is 3. The number of rotatable bonds is 5. The van der Waals surface area contributed by atoms with E-state index in [2.05, 4.69) is 30.3 Å². The van der Waals surface area contributed by atoms with Gasteiger partial charge in [0.15, 0.2) is 11.6 Å². The van der Waals surface area contributed by atoms with E-state index in [1.165, 1.54) is 30.6 Å². The van der Waals surface area contributed by atoms with Crippen LogP contribution in [-0.4, -0.2) is 21.3 Å². The van der Waals surface area contributed by atoms with E-state index in [4.69, 9.17) is 5.73 Å². The third-order valence-corrected chi connectivity index (χ3v) is 3.39. The van der Waals surface area contributed by atoms with Crippen LogP contribution in [0.5, 0.6) is 5.75 Å². The van der Waals surface area contributed by atoms with Crippen LogP contribution >= 0.6 is 0 Å². The zero-order valence-electron chi connectivity index (χ0n) is 14.1. The highest BCUT2D eigenvalue weighted by atomic mass is 19.4. The first kappa shape index (κ1) is 18.2. The molecule has 0 unspecified atom stereocenters. The molecule has 10 heteroatoms. The standard InChI is InChI=1S/C17H15F3N6O/c1-10-2-7-13(22-8-10)26-16-14(21)15(23-9-24-16)25-11-3-5-12(6-4-11)27-17(18,19)20/h2-9H,21H2,1H3,(H2,22,23,24,25,26). The van der Waals surface area contributed by atoms with Crippen molar-refractivity contribution in [2.24, 2.45) is 0 Å². The number of hydrogen-bond acceptors (Lipinski definition) is 7. The maximum Gasteiger partial charge on any atom is 0.573 e. The van der Waals surface area contributed by atoms with E-state index < -0.39 is 6.36 Å². The molecule has 140 valence electrons. The summed E-state index contributed by atoms with van der Waals surface area (Å²) in [6.45, 7) is 1.92. The fourth-order valence-electron chi connectivity index (χ4n) is 2.13. The van der Waals surface area contributed by atoms with Gasteiger partial charge in [-0.3, -0.25) is 0 Å². The Kier molecular flexibility index (Phi) is 4.97. The van der Waals surface area contributed by atoms with Crippen LogP contribution in [0.15, 0.2) is 48.9 Å². The van der Waals surface area contributed by atoms with Gasteiger partial charge in [0, 0.05) is 11.9 Å². The molecule has 2 heterocycles. The van der Waals surface area contributed by atoms with E-state index in [1.54, 1.807) is 12.3 Å². The molecule has 3 aromatic rings. The van der Waals surface area contributed by atoms with Crippen molar-refractivity contribution in [3.8, 4) is 5.75 Å². The molecule has 0 aliphatic carbocycles. The lowest BCUT2D eigenvalue weighted by Gasteiger charge is -2.13. The molecule has 4 N–H and O–H groups in total. The lowest BCUT2D eigenvalue weighted by molar-refractivity contribution is -0.274. The summed E-state index contributed by atoms with van der Waals surface area (Å²) in [5.74, 6) is 0.882. The second kappa shape index (κ2) is 7.36. The summed E-state index contributed by atoms with van der Waals surface area (Å²) in [5, 5.41) is 5.91. The van der Waals surface area contributed by atoms with Gasteiger partial charge >= 0.3 is 6.36 Å². The molecule has 0 bridgehead atoms. The molecule has 0 saturated carbocycles. The number of benzene rings is 1. The predicted molar refractivity (Wildman–Crippen MR) is 95.1 cm³/mol. The molecular weight excluding hydrogens is 361 g/mol. The molecule has 1 aromatic carbocycles. The molecule has 0 fully saturated rings. The summed E-state index contributed by atoms with van der Waals surface area (Å²) in [6.07, 6.45) is -1.74. The zero-order valence-corrected chi connectivity index (χ0v) is 14.1. The van der Waals surface area contributed by atoms with Gasteiger partial charge in [0.2, 0.25) is 0 Å². The Morgan fingerprint density at radius 3 is 2.19 bits per heavy atom. The Balaban J connectivity index is 1.74. The van der Waals surface area contributed by atoms with Crippen LogP contribution in [-0.2, 0) is 0 Å². The van der Waals surface area contributed by atoms with Gasteiger partial charge in [-0.05, 0) is 42.8 Å². The van der Waals surface area contributed by atoms with Crippen molar-refractivity contribution >= 4 is 28.8 Å². The number of hydrogen-bond donors (Lipinski definition) is 3. The zero-order chi connectivity index (χ0) is 19.4. The quantitative estimate of drug-likeness (QED) is 0.615. The highest BCUT2D eigenvalue weighted by Gasteiger charge is 2.30. The summed E-state index contributed by atoms with van der Waals surface area (Å²) in [6, 6.07) is 8.86. The average molecular weight is 376 g/mol. The van der Waals surface area contributed by atoms with Gasteiger partial charge in [0.05, 0.1) is 0 Å². The molecule has 0 atom stereocenters. The topological polar surface area (TPSA) is 98.0 Å². The predicted octanol–water partition coefficient (Wildman–Crippen LogP) is 4.15. The van der Waals surface area contributed by atoms with E-state index in [0.29, 0.717) is 23.1 Å². The van der Waals surface area contributed by atoms with Crippen LogP contribution in [0.3, 0.4) is 0 Å². The number of aryl methyl sites for hydroxylation is 1. The van der Waals surface area contributed by atoms with Crippen LogP contribution in [0.2, 0.25) is 0 Å². The Labute approximate surface area is 152 Å². The third-order valence-electron chi connectivity index (χ3n) is 3.39. The number of nitrogens with two attached hydrogens (primary N) is 1. The number of alkyl halides is 3. The number of halogens is 3. The summed E-state index contributed by atoms with van der Waals surface area (Å²) in [4.78, 5) is 12.3. The maximum absolute atomic E-state index is 12.2. The number of nitrogens with one attached hydrogen (secondary N) is 2. The molecule has 0 aliphatic rings. The minimum Gasteiger partial charge on any atom is -0.406 e. The molecule has 2 aromatic heterocycles. The summed E-state index contributed by atoms with van der Waals surface area (Å²) < 4.78 is 40.4. The molecule has 0 spiro atoms. The van der Waals surface area contributed by atoms with Crippen molar-refractivity contribution in [3.05, 3.63) is 54.5 Å². The lowest BCUT2D eigenvalue weighted by atomic mass is 10.3. The summed E-state index contributed by atoms with van der Waals surface area (Å²) in [5.41, 5.74) is 7.79. The molecule has 0 aliphatic heterocycles. The van der Waals surface area contributed by atoms with Gasteiger partial charge in [-0.1, -0.05) is 6.07 Å². The Morgan fingerprint density at radius 1 is 0.926 bits per heavy atom. The molecule has 0 amide bonds. The Bertz CT molecular complexity index is 913. The van der Waals surface area contributed by atoms with Gasteiger partial charge in [-0.2, -0.15) is 0 Å². The van der Waals surface area contributed by atoms with Crippen LogP contribution in [0.1, 0.15) is 5.56 Å². The first-order valence-corrected chi connectivity index (χ1v) is 7.73. The van der Waals surface area contributed by atoms with Crippen LogP contribution in [0, 0.1) is 6.92 Å². The van der Waals surface area contributed by atoms with Crippen LogP contribution in [0.25, 0.3) is 0 Å². The highest BCUT2D eigenvalue weighted by Crippen LogP contribution is 2.29. The minimum absolute atomic E-state index is 0.232. The molecule has 3 rings (SSSR count). The van der Waals surface area contributed by atoms with E-state index in [1.807, 2.05) is 13.0 Å². The van der Waals surface area contributed by atoms with E-state index in [9.17, 15) is 13.2 Å². The smallest absolute Gasteiger partial charge is 0.406 e. The van der Waals surface area contributed by atoms with Crippen molar-refractivity contribution in [2.45, 2.75) is 13.3 Å². The number of nitrogen functional groups attached to an aromatic ring is 1. The second-order valence-electron chi connectivity index (χ2n) is 5.53. The van der Waals surface area contributed by atoms with Gasteiger partial charge in [-0.15, -0.1) is 13.2 Å². The summed E-state index contributed by atoms with van der Waals surface area (Å²) >= 11 is 0. The van der Waals surface area contributed by atoms with Gasteiger partial charge in [0.25, 0.3) is 0 Å². The monoisotopic (exact) mass is 376 g/mol. The van der Waals surface area contributed by atoms with Crippen LogP contribution in [0.4, 0.5) is 42.0 Å². The van der Waals surface area contributed by atoms with Crippen molar-refractivity contribution < 1.29 is 17.9 Å². The highest BCUT2D eigenvalue weighted by molar-refractivity contribution is 5.79. The van der Waals surface area contributed by atoms with Gasteiger partial charge in [-0.25, -0.2) is 15.0 Å². The van der Waals surface area contributed by atoms with Gasteiger partial charge in [0.1, 0.15) is 23.6 Å². The second-order valence-corrected chi connectivity index (χ2v) is 5.53. The molecule has 27 heavy (non-hydrogen) atoms. The third kappa shape index (κ3) is 4.97. The number of aromatic nitrogens is 3. The Morgan fingerprint density at radius 2 is 1.59 bits per heavy atom. The molecule has 0 radical (unpaired) electrons. The van der Waals surface area contributed by atoms with Gasteiger partial charge < -0.3 is 21.1 Å². The largest absolute Gasteiger partial charge is 0.573 e. The minimum atomic E-state index is -4.74. The van der Waals surface area contributed by atoms with E-state index in [0.717, 1.165) is 5.56 Å². The maximum atomic E-state index is 12.2. The number of anilines is 5. The van der Waals surface area contributed by atoms with Crippen molar-refractivity contribution in [2.75, 3.05) is 16.4 Å². The number of ether oxygens (including phenoxy) is 1. The van der Waals surface area contributed by atoms with E-state index >= 15 is 0 Å².